The topological polar surface area (TPSA) is 71.1 Å². The molecule has 0 bridgehead atoms. The van der Waals surface area contributed by atoms with E-state index in [9.17, 15) is 9.59 Å². The van der Waals surface area contributed by atoms with Gasteiger partial charge in [0.05, 0.1) is 0 Å². The third-order valence-corrected chi connectivity index (χ3v) is 4.00. The number of fused-ring (bicyclic) bond motifs is 1. The van der Waals surface area contributed by atoms with E-state index in [0.717, 1.165) is 16.7 Å². The second kappa shape index (κ2) is 7.47. The fourth-order valence-electron chi connectivity index (χ4n) is 2.87. The van der Waals surface area contributed by atoms with Crippen molar-refractivity contribution >= 4 is 11.8 Å². The number of hydrogen-bond donors (Lipinski definition) is 0. The summed E-state index contributed by atoms with van der Waals surface area (Å²) < 4.78 is 21.0. The molecule has 0 radical (unpaired) electrons. The van der Waals surface area contributed by atoms with Gasteiger partial charge in [-0.2, -0.15) is 0 Å². The fraction of sp³-hybridized carbons (Fsp3) is 0.300. The van der Waals surface area contributed by atoms with E-state index in [1.807, 2.05) is 32.9 Å². The first-order chi connectivity index (χ1) is 12.4. The van der Waals surface area contributed by atoms with Gasteiger partial charge in [0, 0.05) is 5.56 Å². The molecular formula is C20H20O6. The number of carbonyl (C=O) groups excluding carboxylic acids is 2. The first-order valence-electron chi connectivity index (χ1n) is 8.23. The van der Waals surface area contributed by atoms with Crippen molar-refractivity contribution in [3.8, 4) is 17.2 Å². The van der Waals surface area contributed by atoms with Crippen molar-refractivity contribution in [3.05, 3.63) is 52.6 Å². The summed E-state index contributed by atoms with van der Waals surface area (Å²) in [6.07, 6.45) is 0. The lowest BCUT2D eigenvalue weighted by molar-refractivity contribution is -0.144. The van der Waals surface area contributed by atoms with Crippen LogP contribution in [0.5, 0.6) is 17.2 Å². The number of ketones is 1. The van der Waals surface area contributed by atoms with Gasteiger partial charge in [-0.05, 0) is 50.1 Å². The van der Waals surface area contributed by atoms with Crippen molar-refractivity contribution in [2.75, 3.05) is 20.0 Å². The van der Waals surface area contributed by atoms with Crippen LogP contribution < -0.4 is 14.2 Å². The Kier molecular flexibility index (Phi) is 5.11. The smallest absolute Gasteiger partial charge is 0.344 e. The molecular weight excluding hydrogens is 336 g/mol. The predicted molar refractivity (Wildman–Crippen MR) is 94.0 cm³/mol. The SMILES string of the molecule is Cc1cc(C)c(OCC(=O)OCC(=O)c2ccc3c(c2)OCO3)c(C)c1. The normalized spacial score (nSPS) is 12.0. The van der Waals surface area contributed by atoms with E-state index in [4.69, 9.17) is 18.9 Å². The molecule has 1 aliphatic heterocycles. The summed E-state index contributed by atoms with van der Waals surface area (Å²) in [6, 6.07) is 8.81. The lowest BCUT2D eigenvalue weighted by atomic mass is 10.1. The van der Waals surface area contributed by atoms with Crippen LogP contribution in [0, 0.1) is 20.8 Å². The molecule has 6 heteroatoms. The standard InChI is InChI=1S/C20H20O6/c1-12-6-13(2)20(14(3)7-12)24-10-19(22)23-9-16(21)15-4-5-17-18(8-15)26-11-25-17/h4-8H,9-11H2,1-3H3. The van der Waals surface area contributed by atoms with Crippen LogP contribution in [0.3, 0.4) is 0 Å². The summed E-state index contributed by atoms with van der Waals surface area (Å²) in [5.74, 6) is 0.846. The van der Waals surface area contributed by atoms with Gasteiger partial charge in [-0.3, -0.25) is 4.79 Å². The maximum Gasteiger partial charge on any atom is 0.344 e. The molecule has 0 aliphatic carbocycles. The van der Waals surface area contributed by atoms with Crippen molar-refractivity contribution in [2.45, 2.75) is 20.8 Å². The largest absolute Gasteiger partial charge is 0.481 e. The molecule has 1 aliphatic rings. The van der Waals surface area contributed by atoms with Crippen LogP contribution in [-0.2, 0) is 9.53 Å². The Morgan fingerprint density at radius 1 is 0.962 bits per heavy atom. The Balaban J connectivity index is 1.52. The van der Waals surface area contributed by atoms with E-state index < -0.39 is 5.97 Å². The maximum atomic E-state index is 12.2. The van der Waals surface area contributed by atoms with Gasteiger partial charge in [-0.1, -0.05) is 17.7 Å². The number of hydrogen-bond acceptors (Lipinski definition) is 6. The lowest BCUT2D eigenvalue weighted by Crippen LogP contribution is -2.20. The molecule has 0 N–H and O–H groups in total. The van der Waals surface area contributed by atoms with Gasteiger partial charge in [0.15, 0.2) is 30.5 Å². The highest BCUT2D eigenvalue weighted by Gasteiger charge is 2.17. The van der Waals surface area contributed by atoms with Crippen LogP contribution in [0.25, 0.3) is 0 Å². The van der Waals surface area contributed by atoms with Gasteiger partial charge in [0.2, 0.25) is 6.79 Å². The van der Waals surface area contributed by atoms with Gasteiger partial charge < -0.3 is 18.9 Å². The number of rotatable bonds is 6. The molecule has 2 aromatic carbocycles. The summed E-state index contributed by atoms with van der Waals surface area (Å²) in [7, 11) is 0. The van der Waals surface area contributed by atoms with Gasteiger partial charge in [0.25, 0.3) is 0 Å². The highest BCUT2D eigenvalue weighted by molar-refractivity contribution is 5.98. The second-order valence-corrected chi connectivity index (χ2v) is 6.17. The molecule has 6 nitrogen and oxygen atoms in total. The van der Waals surface area contributed by atoms with Gasteiger partial charge in [0.1, 0.15) is 5.75 Å². The summed E-state index contributed by atoms with van der Waals surface area (Å²) in [6.45, 7) is 5.37. The van der Waals surface area contributed by atoms with Crippen molar-refractivity contribution in [2.24, 2.45) is 0 Å². The average molecular weight is 356 g/mol. The van der Waals surface area contributed by atoms with E-state index in [-0.39, 0.29) is 25.8 Å². The molecule has 0 aromatic heterocycles. The third kappa shape index (κ3) is 3.96. The van der Waals surface area contributed by atoms with Crippen LogP contribution in [0.15, 0.2) is 30.3 Å². The fourth-order valence-corrected chi connectivity index (χ4v) is 2.87. The molecule has 1 heterocycles. The molecule has 0 spiro atoms. The van der Waals surface area contributed by atoms with E-state index in [2.05, 4.69) is 0 Å². The Labute approximate surface area is 151 Å². The van der Waals surface area contributed by atoms with E-state index in [1.165, 1.54) is 0 Å². The lowest BCUT2D eigenvalue weighted by Gasteiger charge is -2.12. The minimum atomic E-state index is -0.599. The minimum absolute atomic E-state index is 0.136. The number of Topliss-reactive ketones (excluding diaryl/α,β-unsaturated/α-hetero) is 1. The molecule has 0 atom stereocenters. The molecule has 0 saturated heterocycles. The second-order valence-electron chi connectivity index (χ2n) is 6.17. The van der Waals surface area contributed by atoms with E-state index in [1.54, 1.807) is 18.2 Å². The molecule has 0 fully saturated rings. The molecule has 0 amide bonds. The molecule has 0 saturated carbocycles. The monoisotopic (exact) mass is 356 g/mol. The average Bonchev–Trinajstić information content (AvgIpc) is 3.06. The third-order valence-electron chi connectivity index (χ3n) is 4.00. The molecule has 26 heavy (non-hydrogen) atoms. The number of ether oxygens (including phenoxy) is 4. The van der Waals surface area contributed by atoms with Crippen LogP contribution in [0.2, 0.25) is 0 Å². The van der Waals surface area contributed by atoms with Crippen molar-refractivity contribution in [3.63, 3.8) is 0 Å². The summed E-state index contributed by atoms with van der Waals surface area (Å²) in [5.41, 5.74) is 3.43. The number of esters is 1. The highest BCUT2D eigenvalue weighted by Crippen LogP contribution is 2.32. The van der Waals surface area contributed by atoms with Crippen LogP contribution >= 0.6 is 0 Å². The van der Waals surface area contributed by atoms with Gasteiger partial charge in [-0.25, -0.2) is 4.79 Å². The number of benzene rings is 2. The maximum absolute atomic E-state index is 12.2. The summed E-state index contributed by atoms with van der Waals surface area (Å²) in [5, 5.41) is 0. The summed E-state index contributed by atoms with van der Waals surface area (Å²) in [4.78, 5) is 24.0. The molecule has 2 aromatic rings. The zero-order chi connectivity index (χ0) is 18.7. The Morgan fingerprint density at radius 2 is 1.65 bits per heavy atom. The minimum Gasteiger partial charge on any atom is -0.481 e. The zero-order valence-corrected chi connectivity index (χ0v) is 15.0. The number of carbonyl (C=O) groups is 2. The quantitative estimate of drug-likeness (QED) is 0.585. The number of aryl methyl sites for hydroxylation is 3. The van der Waals surface area contributed by atoms with Crippen molar-refractivity contribution in [1.82, 2.24) is 0 Å². The molecule has 136 valence electrons. The first-order valence-corrected chi connectivity index (χ1v) is 8.23. The Morgan fingerprint density at radius 3 is 2.38 bits per heavy atom. The van der Waals surface area contributed by atoms with E-state index in [0.29, 0.717) is 22.8 Å². The molecule has 3 rings (SSSR count). The van der Waals surface area contributed by atoms with Crippen LogP contribution in [-0.4, -0.2) is 31.8 Å². The Bertz CT molecular complexity index is 832. The highest BCUT2D eigenvalue weighted by atomic mass is 16.7. The Hall–Kier alpha value is -3.02. The van der Waals surface area contributed by atoms with Crippen molar-refractivity contribution in [1.29, 1.82) is 0 Å². The molecule has 0 unspecified atom stereocenters. The van der Waals surface area contributed by atoms with Crippen LogP contribution in [0.4, 0.5) is 0 Å². The van der Waals surface area contributed by atoms with E-state index >= 15 is 0 Å². The predicted octanol–water partition coefficient (Wildman–Crippen LogP) is 3.15. The van der Waals surface area contributed by atoms with Crippen molar-refractivity contribution < 1.29 is 28.5 Å². The van der Waals surface area contributed by atoms with Gasteiger partial charge in [-0.15, -0.1) is 0 Å². The van der Waals surface area contributed by atoms with Gasteiger partial charge >= 0.3 is 5.97 Å². The zero-order valence-electron chi connectivity index (χ0n) is 15.0. The first kappa shape index (κ1) is 17.8. The van der Waals surface area contributed by atoms with Crippen LogP contribution in [0.1, 0.15) is 27.0 Å². The summed E-state index contributed by atoms with van der Waals surface area (Å²) >= 11 is 0.